The summed E-state index contributed by atoms with van der Waals surface area (Å²) >= 11 is -5.52. The van der Waals surface area contributed by atoms with E-state index in [2.05, 4.69) is 0 Å². The van der Waals surface area contributed by atoms with Crippen LogP contribution in [0.25, 0.3) is 0 Å². The topological polar surface area (TPSA) is 74.6 Å². The molecule has 0 amide bonds. The molecule has 0 aliphatic rings. The van der Waals surface area contributed by atoms with E-state index in [9.17, 15) is 0 Å². The van der Waals surface area contributed by atoms with Crippen LogP contribution in [0.3, 0.4) is 0 Å². The Bertz CT molecular complexity index is 94.9. The molecule has 0 atom stereocenters. The van der Waals surface area contributed by atoms with Crippen LogP contribution in [0.1, 0.15) is 0 Å². The van der Waals surface area contributed by atoms with E-state index in [1.54, 1.807) is 0 Å². The summed E-state index contributed by atoms with van der Waals surface area (Å²) in [7, 11) is 0. The first-order valence-corrected chi connectivity index (χ1v) is 4.69. The summed E-state index contributed by atoms with van der Waals surface area (Å²) in [6.07, 6.45) is 0. The maximum atomic E-state index is 8.85. The minimum atomic E-state index is -5.52. The van der Waals surface area contributed by atoms with Gasteiger partial charge in [0.25, 0.3) is 0 Å². The van der Waals surface area contributed by atoms with Crippen molar-refractivity contribution in [1.29, 1.82) is 0 Å². The normalized spacial score (nSPS) is 8.29. The van der Waals surface area contributed by atoms with Crippen LogP contribution < -0.4 is 0 Å². The summed E-state index contributed by atoms with van der Waals surface area (Å²) in [6.45, 7) is 0. The predicted octanol–water partition coefficient (Wildman–Crippen LogP) is -1.74. The molecule has 0 fully saturated rings. The zero-order valence-corrected chi connectivity index (χ0v) is 14.3. The van der Waals surface area contributed by atoms with Crippen molar-refractivity contribution in [3.63, 3.8) is 0 Å². The molecular formula is H2HgO4TeZn. The second-order valence-electron chi connectivity index (χ2n) is 0.448. The van der Waals surface area contributed by atoms with Crippen molar-refractivity contribution in [2.24, 2.45) is 0 Å². The van der Waals surface area contributed by atoms with Crippen LogP contribution in [-0.4, -0.2) is 25.9 Å². The monoisotopic (exact) mass is 462 g/mol. The van der Waals surface area contributed by atoms with Crippen LogP contribution in [0.4, 0.5) is 0 Å². The number of rotatable bonds is 0. The molecule has 36 valence electrons. The van der Waals surface area contributed by atoms with Crippen molar-refractivity contribution in [2.45, 2.75) is 0 Å². The molecule has 0 rings (SSSR count). The van der Waals surface area contributed by atoms with E-state index in [1.807, 2.05) is 0 Å². The van der Waals surface area contributed by atoms with Gasteiger partial charge < -0.3 is 0 Å². The molecule has 0 unspecified atom stereocenters. The fourth-order valence-corrected chi connectivity index (χ4v) is 0. The maximum Gasteiger partial charge on any atom is 0 e. The predicted molar refractivity (Wildman–Crippen MR) is 11.6 cm³/mol. The zero-order valence-electron chi connectivity index (χ0n) is 3.53. The van der Waals surface area contributed by atoms with Crippen molar-refractivity contribution >= 4 is 19.0 Å². The Kier molecular flexibility index (Phi) is 13.7. The molecule has 7 heavy (non-hydrogen) atoms. The first-order valence-electron chi connectivity index (χ1n) is 0.698. The van der Waals surface area contributed by atoms with Crippen LogP contribution in [0.5, 0.6) is 0 Å². The summed E-state index contributed by atoms with van der Waals surface area (Å²) in [5, 5.41) is 0. The molecule has 4 nitrogen and oxygen atoms in total. The summed E-state index contributed by atoms with van der Waals surface area (Å²) in [5.74, 6) is 0. The van der Waals surface area contributed by atoms with Crippen molar-refractivity contribution in [1.82, 2.24) is 0 Å². The molecule has 0 aromatic heterocycles. The standard InChI is InChI=1S/Hg.H2O4Te.Zn/c;1-5(2,3)4;/h;(H2,1,2,3,4);. The summed E-state index contributed by atoms with van der Waals surface area (Å²) in [6, 6.07) is 0. The molecule has 0 spiro atoms. The van der Waals surface area contributed by atoms with Crippen molar-refractivity contribution in [3.8, 4) is 0 Å². The van der Waals surface area contributed by atoms with Crippen molar-refractivity contribution in [3.05, 3.63) is 0 Å². The fraction of sp³-hybridized carbons (Fsp3) is 0. The Labute approximate surface area is 78.2 Å². The average molecular weight is 460 g/mol. The molecule has 0 radical (unpaired) electrons. The van der Waals surface area contributed by atoms with Gasteiger partial charge in [-0.1, -0.05) is 0 Å². The Morgan fingerprint density at radius 1 is 1.14 bits per heavy atom. The quantitative estimate of drug-likeness (QED) is 0.422. The average Bonchev–Trinajstić information content (AvgIpc) is 0.722. The van der Waals surface area contributed by atoms with E-state index in [1.165, 1.54) is 0 Å². The Hall–Kier alpha value is 1.87. The van der Waals surface area contributed by atoms with E-state index < -0.39 is 19.0 Å². The van der Waals surface area contributed by atoms with Gasteiger partial charge in [0.05, 0.1) is 0 Å². The third-order valence-electron chi connectivity index (χ3n) is 0. The second-order valence-corrected chi connectivity index (χ2v) is 3.00. The molecule has 0 aliphatic heterocycles. The van der Waals surface area contributed by atoms with Crippen LogP contribution in [0.2, 0.25) is 0 Å². The number of hydrogen-bond acceptors (Lipinski definition) is 2. The van der Waals surface area contributed by atoms with Gasteiger partial charge in [0.15, 0.2) is 0 Å². The minimum Gasteiger partial charge on any atom is 0 e. The summed E-state index contributed by atoms with van der Waals surface area (Å²) < 4.78 is 32.0. The molecule has 2 N–H and O–H groups in total. The van der Waals surface area contributed by atoms with Gasteiger partial charge in [0.1, 0.15) is 0 Å². The first-order chi connectivity index (χ1) is 2.00. The van der Waals surface area contributed by atoms with Gasteiger partial charge in [-0.15, -0.1) is 0 Å². The van der Waals surface area contributed by atoms with Gasteiger partial charge in [0, 0.05) is 47.1 Å². The van der Waals surface area contributed by atoms with Gasteiger partial charge in [-0.25, -0.2) is 0 Å². The summed E-state index contributed by atoms with van der Waals surface area (Å²) in [4.78, 5) is 0. The summed E-state index contributed by atoms with van der Waals surface area (Å²) in [5.41, 5.74) is 0. The SMILES string of the molecule is O=[Te](=O)(O)O.[Hg].[Zn]. The Balaban J connectivity index is -0.0000000800. The molecule has 7 heteroatoms. The van der Waals surface area contributed by atoms with Gasteiger partial charge in [-0.05, 0) is 0 Å². The van der Waals surface area contributed by atoms with E-state index in [4.69, 9.17) is 13.2 Å². The van der Waals surface area contributed by atoms with E-state index in [0.29, 0.717) is 0 Å². The van der Waals surface area contributed by atoms with Gasteiger partial charge in [-0.3, -0.25) is 0 Å². The smallest absolute Gasteiger partial charge is 0 e. The third-order valence-corrected chi connectivity index (χ3v) is 0. The van der Waals surface area contributed by atoms with Crippen molar-refractivity contribution in [2.75, 3.05) is 0 Å². The van der Waals surface area contributed by atoms with Crippen LogP contribution in [0.15, 0.2) is 0 Å². The fourth-order valence-electron chi connectivity index (χ4n) is 0. The third kappa shape index (κ3) is 77.6. The molecule has 0 heterocycles. The number of hydrogen-bond donors (Lipinski definition) is 2. The van der Waals surface area contributed by atoms with Gasteiger partial charge >= 0.3 is 32.1 Å². The van der Waals surface area contributed by atoms with Gasteiger partial charge in [0.2, 0.25) is 0 Å². The largest absolute Gasteiger partial charge is 0 e. The zero-order chi connectivity index (χ0) is 4.50. The van der Waals surface area contributed by atoms with Gasteiger partial charge in [-0.2, -0.15) is 0 Å². The maximum absolute atomic E-state index is 8.85. The van der Waals surface area contributed by atoms with Crippen LogP contribution in [-0.2, 0) is 53.4 Å². The molecule has 0 saturated carbocycles. The second kappa shape index (κ2) is 6.00. The molecule has 0 saturated heterocycles. The molecule has 0 aromatic carbocycles. The molecule has 0 bridgehead atoms. The van der Waals surface area contributed by atoms with Crippen LogP contribution >= 0.6 is 0 Å². The minimum absolute atomic E-state index is 0. The Morgan fingerprint density at radius 3 is 1.14 bits per heavy atom. The molecule has 0 aromatic rings. The first kappa shape index (κ1) is 15.9. The Morgan fingerprint density at radius 2 is 1.14 bits per heavy atom. The van der Waals surface area contributed by atoms with E-state index in [-0.39, 0.29) is 47.1 Å². The van der Waals surface area contributed by atoms with E-state index in [0.717, 1.165) is 0 Å². The van der Waals surface area contributed by atoms with Crippen LogP contribution in [0, 0.1) is 0 Å². The molecule has 0 aliphatic carbocycles. The van der Waals surface area contributed by atoms with E-state index >= 15 is 0 Å². The molecular weight excluding hydrogens is 458 g/mol. The van der Waals surface area contributed by atoms with Crippen molar-refractivity contribution < 1.29 is 60.3 Å².